The molecule has 1 aliphatic heterocycles. The molecule has 0 amide bonds. The van der Waals surface area contributed by atoms with E-state index in [-0.39, 0.29) is 12.4 Å². The van der Waals surface area contributed by atoms with E-state index in [0.717, 1.165) is 36.3 Å². The van der Waals surface area contributed by atoms with E-state index in [1.165, 1.54) is 6.33 Å². The number of fused-ring (bicyclic) bond motifs is 1. The average Bonchev–Trinajstić information content (AvgIpc) is 2.46. The maximum Gasteiger partial charge on any atom is 0.138 e. The van der Waals surface area contributed by atoms with E-state index in [1.54, 1.807) is 0 Å². The third-order valence-electron chi connectivity index (χ3n) is 3.73. The van der Waals surface area contributed by atoms with E-state index < -0.39 is 0 Å². The molecule has 1 saturated heterocycles. The lowest BCUT2D eigenvalue weighted by molar-refractivity contribution is 0.137. The number of aromatic nitrogens is 2. The van der Waals surface area contributed by atoms with Crippen LogP contribution in [-0.2, 0) is 0 Å². The molecule has 1 aromatic heterocycles. The molecular formula is C14H20ClN5O. The molecule has 0 saturated carbocycles. The van der Waals surface area contributed by atoms with Gasteiger partial charge in [0.1, 0.15) is 24.5 Å². The summed E-state index contributed by atoms with van der Waals surface area (Å²) in [6, 6.07) is 6.12. The number of benzene rings is 1. The lowest BCUT2D eigenvalue weighted by atomic mass is 10.2. The number of nitrogen functional groups attached to an aromatic ring is 1. The molecule has 0 spiro atoms. The van der Waals surface area contributed by atoms with E-state index in [4.69, 9.17) is 10.5 Å². The fourth-order valence-electron chi connectivity index (χ4n) is 2.46. The molecule has 0 aliphatic carbocycles. The first-order valence-corrected chi connectivity index (χ1v) is 6.78. The van der Waals surface area contributed by atoms with Crippen LogP contribution in [0.25, 0.3) is 10.9 Å². The number of nitrogens with zero attached hydrogens (tertiary/aromatic N) is 3. The Balaban J connectivity index is 0.00000161. The Kier molecular flexibility index (Phi) is 5.17. The Morgan fingerprint density at radius 1 is 1.43 bits per heavy atom. The smallest absolute Gasteiger partial charge is 0.138 e. The number of hydrogen-bond donors (Lipinski definition) is 2. The molecule has 3 N–H and O–H groups in total. The van der Waals surface area contributed by atoms with Crippen LogP contribution < -0.4 is 15.8 Å². The number of hydrogen-bond acceptors (Lipinski definition) is 6. The highest BCUT2D eigenvalue weighted by Gasteiger charge is 2.19. The molecule has 0 bridgehead atoms. The highest BCUT2D eigenvalue weighted by atomic mass is 35.5. The molecule has 2 heterocycles. The first-order chi connectivity index (χ1) is 9.75. The van der Waals surface area contributed by atoms with Crippen molar-refractivity contribution in [1.82, 2.24) is 20.2 Å². The van der Waals surface area contributed by atoms with Crippen molar-refractivity contribution in [2.45, 2.75) is 6.04 Å². The highest BCUT2D eigenvalue weighted by Crippen LogP contribution is 2.28. The standard InChI is InChI=1S/C14H19N5O.ClH/c1-19-6-5-16-7-10(19)8-20-12-4-2-3-11-13(12)14(15)18-9-17-11;/h2-4,9-10,16H,5-8H2,1H3,(H2,15,17,18);1H/t10-;/m1./s1. The minimum atomic E-state index is 0. The van der Waals surface area contributed by atoms with Gasteiger partial charge in [0, 0.05) is 19.6 Å². The normalized spacial score (nSPS) is 19.2. The van der Waals surface area contributed by atoms with Gasteiger partial charge in [0.2, 0.25) is 0 Å². The van der Waals surface area contributed by atoms with Crippen LogP contribution in [0, 0.1) is 0 Å². The summed E-state index contributed by atoms with van der Waals surface area (Å²) in [6.07, 6.45) is 1.47. The molecule has 2 aromatic rings. The molecule has 1 aliphatic rings. The first-order valence-electron chi connectivity index (χ1n) is 6.78. The summed E-state index contributed by atoms with van der Waals surface area (Å²) < 4.78 is 5.97. The molecule has 1 atom stereocenters. The van der Waals surface area contributed by atoms with Crippen LogP contribution in [0.1, 0.15) is 0 Å². The molecule has 1 fully saturated rings. The van der Waals surface area contributed by atoms with E-state index in [1.807, 2.05) is 18.2 Å². The largest absolute Gasteiger partial charge is 0.491 e. The number of ether oxygens (including phenoxy) is 1. The van der Waals surface area contributed by atoms with Gasteiger partial charge in [-0.1, -0.05) is 6.07 Å². The van der Waals surface area contributed by atoms with E-state index in [9.17, 15) is 0 Å². The van der Waals surface area contributed by atoms with E-state index >= 15 is 0 Å². The van der Waals surface area contributed by atoms with Crippen LogP contribution in [0.5, 0.6) is 5.75 Å². The number of nitrogens with two attached hydrogens (primary N) is 1. The Labute approximate surface area is 130 Å². The number of halogens is 1. The zero-order chi connectivity index (χ0) is 13.9. The Morgan fingerprint density at radius 2 is 2.29 bits per heavy atom. The quantitative estimate of drug-likeness (QED) is 0.878. The Morgan fingerprint density at radius 3 is 3.10 bits per heavy atom. The van der Waals surface area contributed by atoms with Crippen molar-refractivity contribution in [3.63, 3.8) is 0 Å². The van der Waals surface area contributed by atoms with Crippen molar-refractivity contribution in [2.75, 3.05) is 39.0 Å². The van der Waals surface area contributed by atoms with Gasteiger partial charge in [0.05, 0.1) is 16.9 Å². The van der Waals surface area contributed by atoms with Gasteiger partial charge in [0.15, 0.2) is 0 Å². The molecular weight excluding hydrogens is 290 g/mol. The Hall–Kier alpha value is -1.63. The molecule has 0 radical (unpaired) electrons. The van der Waals surface area contributed by atoms with Gasteiger partial charge in [-0.3, -0.25) is 4.90 Å². The first kappa shape index (κ1) is 15.8. The molecule has 0 unspecified atom stereocenters. The predicted molar refractivity (Wildman–Crippen MR) is 86.0 cm³/mol. The summed E-state index contributed by atoms with van der Waals surface area (Å²) in [5, 5.41) is 4.17. The minimum Gasteiger partial charge on any atom is -0.491 e. The summed E-state index contributed by atoms with van der Waals surface area (Å²) in [5.74, 6) is 1.21. The van der Waals surface area contributed by atoms with Crippen molar-refractivity contribution in [2.24, 2.45) is 0 Å². The van der Waals surface area contributed by atoms with Crippen molar-refractivity contribution >= 4 is 29.1 Å². The van der Waals surface area contributed by atoms with Gasteiger partial charge < -0.3 is 15.8 Å². The third-order valence-corrected chi connectivity index (χ3v) is 3.73. The van der Waals surface area contributed by atoms with Gasteiger partial charge in [-0.05, 0) is 19.2 Å². The summed E-state index contributed by atoms with van der Waals surface area (Å²) in [5.41, 5.74) is 6.75. The van der Waals surface area contributed by atoms with Crippen molar-refractivity contribution in [3.8, 4) is 5.75 Å². The Bertz CT molecular complexity index is 604. The van der Waals surface area contributed by atoms with Crippen molar-refractivity contribution in [3.05, 3.63) is 24.5 Å². The van der Waals surface area contributed by atoms with Crippen LogP contribution >= 0.6 is 12.4 Å². The van der Waals surface area contributed by atoms with Crippen LogP contribution in [0.2, 0.25) is 0 Å². The monoisotopic (exact) mass is 309 g/mol. The zero-order valence-electron chi connectivity index (χ0n) is 12.0. The molecule has 21 heavy (non-hydrogen) atoms. The lowest BCUT2D eigenvalue weighted by Gasteiger charge is -2.32. The lowest BCUT2D eigenvalue weighted by Crippen LogP contribution is -2.51. The van der Waals surface area contributed by atoms with Gasteiger partial charge in [-0.2, -0.15) is 0 Å². The van der Waals surface area contributed by atoms with Crippen molar-refractivity contribution in [1.29, 1.82) is 0 Å². The third kappa shape index (κ3) is 3.34. The number of piperazine rings is 1. The summed E-state index contributed by atoms with van der Waals surface area (Å²) in [6.45, 7) is 3.63. The summed E-state index contributed by atoms with van der Waals surface area (Å²) in [4.78, 5) is 10.6. The van der Waals surface area contributed by atoms with Crippen LogP contribution in [0.15, 0.2) is 24.5 Å². The van der Waals surface area contributed by atoms with Gasteiger partial charge >= 0.3 is 0 Å². The van der Waals surface area contributed by atoms with E-state index in [2.05, 4.69) is 27.2 Å². The van der Waals surface area contributed by atoms with Crippen LogP contribution in [0.4, 0.5) is 5.82 Å². The zero-order valence-corrected chi connectivity index (χ0v) is 12.8. The van der Waals surface area contributed by atoms with Crippen molar-refractivity contribution < 1.29 is 4.74 Å². The van der Waals surface area contributed by atoms with Gasteiger partial charge in [0.25, 0.3) is 0 Å². The predicted octanol–water partition coefficient (Wildman–Crippen LogP) is 0.916. The second-order valence-electron chi connectivity index (χ2n) is 5.06. The number of anilines is 1. The average molecular weight is 310 g/mol. The van der Waals surface area contributed by atoms with Crippen LogP contribution in [0.3, 0.4) is 0 Å². The van der Waals surface area contributed by atoms with Gasteiger partial charge in [-0.25, -0.2) is 9.97 Å². The number of nitrogens with one attached hydrogen (secondary N) is 1. The fourth-order valence-corrected chi connectivity index (χ4v) is 2.46. The van der Waals surface area contributed by atoms with Crippen LogP contribution in [-0.4, -0.2) is 54.2 Å². The fraction of sp³-hybridized carbons (Fsp3) is 0.429. The molecule has 3 rings (SSSR count). The summed E-state index contributed by atoms with van der Waals surface area (Å²) >= 11 is 0. The maximum atomic E-state index is 5.97. The summed E-state index contributed by atoms with van der Waals surface area (Å²) in [7, 11) is 2.12. The molecule has 6 nitrogen and oxygen atoms in total. The topological polar surface area (TPSA) is 76.3 Å². The SMILES string of the molecule is CN1CCNC[C@@H]1COc1cccc2ncnc(N)c12.Cl. The molecule has 7 heteroatoms. The molecule has 1 aromatic carbocycles. The second kappa shape index (κ2) is 6.89. The van der Waals surface area contributed by atoms with E-state index in [0.29, 0.717) is 18.5 Å². The highest BCUT2D eigenvalue weighted by molar-refractivity contribution is 5.93. The second-order valence-corrected chi connectivity index (χ2v) is 5.06. The number of likely N-dealkylation sites (N-methyl/N-ethyl adjacent to an activating group) is 1. The minimum absolute atomic E-state index is 0. The maximum absolute atomic E-state index is 5.97. The van der Waals surface area contributed by atoms with Gasteiger partial charge in [-0.15, -0.1) is 12.4 Å². The molecule has 114 valence electrons. The number of rotatable bonds is 3.